The zero-order chi connectivity index (χ0) is 9.42. The van der Waals surface area contributed by atoms with E-state index in [-0.39, 0.29) is 6.04 Å². The molecule has 0 aromatic heterocycles. The maximum Gasteiger partial charge on any atom is 0.146 e. The lowest BCUT2D eigenvalue weighted by Crippen LogP contribution is -2.39. The van der Waals surface area contributed by atoms with Crippen molar-refractivity contribution in [2.75, 3.05) is 6.54 Å². The summed E-state index contributed by atoms with van der Waals surface area (Å²) in [6.45, 7) is 4.97. The highest BCUT2D eigenvalue weighted by atomic mass is 16.1. The van der Waals surface area contributed by atoms with Gasteiger partial charge in [-0.05, 0) is 38.6 Å². The van der Waals surface area contributed by atoms with E-state index in [9.17, 15) is 4.79 Å². The Hall–Kier alpha value is -0.370. The molecule has 13 heavy (non-hydrogen) atoms. The van der Waals surface area contributed by atoms with Crippen LogP contribution in [0, 0.1) is 5.92 Å². The van der Waals surface area contributed by atoms with Crippen LogP contribution >= 0.6 is 0 Å². The number of Topliss-reactive ketones (excluding diaryl/α,β-unsaturated/α-hetero) is 1. The average molecular weight is 181 g/mol. The number of likely N-dealkylation sites (N-methyl/N-ethyl adjacent to an activating group) is 1. The normalized spacial score (nSPS) is 39.4. The van der Waals surface area contributed by atoms with Gasteiger partial charge in [0.05, 0.1) is 6.04 Å². The Morgan fingerprint density at radius 2 is 2.23 bits per heavy atom. The van der Waals surface area contributed by atoms with Crippen molar-refractivity contribution in [3.63, 3.8) is 0 Å². The quantitative estimate of drug-likeness (QED) is 0.648. The van der Waals surface area contributed by atoms with Crippen molar-refractivity contribution in [1.82, 2.24) is 4.90 Å². The highest BCUT2D eigenvalue weighted by Crippen LogP contribution is 2.40. The number of hydrogen-bond acceptors (Lipinski definition) is 2. The molecule has 0 amide bonds. The number of carbonyl (C=O) groups excluding carboxylic acids is 1. The molecule has 1 saturated carbocycles. The van der Waals surface area contributed by atoms with Crippen molar-refractivity contribution >= 4 is 5.78 Å². The molecule has 0 aromatic rings. The van der Waals surface area contributed by atoms with Crippen LogP contribution < -0.4 is 0 Å². The van der Waals surface area contributed by atoms with Crippen molar-refractivity contribution in [2.24, 2.45) is 5.92 Å². The van der Waals surface area contributed by atoms with Crippen molar-refractivity contribution in [3.05, 3.63) is 0 Å². The fourth-order valence-corrected chi connectivity index (χ4v) is 3.24. The van der Waals surface area contributed by atoms with Crippen LogP contribution in [-0.2, 0) is 4.79 Å². The predicted molar refractivity (Wildman–Crippen MR) is 52.6 cm³/mol. The van der Waals surface area contributed by atoms with Crippen LogP contribution in [0.5, 0.6) is 0 Å². The average Bonchev–Trinajstić information content (AvgIpc) is 2.60. The standard InChI is InChI=1S/C11H19NO/c1-3-12-10-6-4-5-9(10)7-11(12)8(2)13/h9-11H,3-7H2,1-2H3. The van der Waals surface area contributed by atoms with Gasteiger partial charge in [-0.25, -0.2) is 0 Å². The molecule has 2 heteroatoms. The fraction of sp³-hybridized carbons (Fsp3) is 0.909. The van der Waals surface area contributed by atoms with Crippen molar-refractivity contribution in [2.45, 2.75) is 51.6 Å². The van der Waals surface area contributed by atoms with Gasteiger partial charge in [0.25, 0.3) is 0 Å². The molecule has 2 fully saturated rings. The Labute approximate surface area is 80.3 Å². The Morgan fingerprint density at radius 1 is 1.46 bits per heavy atom. The minimum absolute atomic E-state index is 0.250. The third kappa shape index (κ3) is 1.41. The first-order chi connectivity index (χ1) is 6.24. The summed E-state index contributed by atoms with van der Waals surface area (Å²) in [6, 6.07) is 0.985. The molecular weight excluding hydrogens is 162 g/mol. The number of rotatable bonds is 2. The molecule has 1 aliphatic carbocycles. The first-order valence-corrected chi connectivity index (χ1v) is 5.50. The van der Waals surface area contributed by atoms with Gasteiger partial charge >= 0.3 is 0 Å². The highest BCUT2D eigenvalue weighted by Gasteiger charge is 2.44. The fourth-order valence-electron chi connectivity index (χ4n) is 3.24. The van der Waals surface area contributed by atoms with Gasteiger partial charge in [-0.1, -0.05) is 13.3 Å². The number of ketones is 1. The maximum absolute atomic E-state index is 11.4. The first-order valence-electron chi connectivity index (χ1n) is 5.50. The van der Waals surface area contributed by atoms with Crippen LogP contribution in [0.25, 0.3) is 0 Å². The van der Waals surface area contributed by atoms with E-state index in [4.69, 9.17) is 0 Å². The lowest BCUT2D eigenvalue weighted by molar-refractivity contribution is -0.121. The Morgan fingerprint density at radius 3 is 2.85 bits per heavy atom. The van der Waals surface area contributed by atoms with Gasteiger partial charge in [-0.3, -0.25) is 9.69 Å². The van der Waals surface area contributed by atoms with Crippen LogP contribution in [0.3, 0.4) is 0 Å². The van der Waals surface area contributed by atoms with E-state index in [1.165, 1.54) is 19.3 Å². The topological polar surface area (TPSA) is 20.3 Å². The SMILES string of the molecule is CCN1C(C(C)=O)CC2CCCC21. The van der Waals surface area contributed by atoms with E-state index < -0.39 is 0 Å². The van der Waals surface area contributed by atoms with E-state index in [2.05, 4.69) is 11.8 Å². The predicted octanol–water partition coefficient (Wildman–Crippen LogP) is 1.84. The zero-order valence-corrected chi connectivity index (χ0v) is 8.62. The van der Waals surface area contributed by atoms with Crippen LogP contribution in [0.1, 0.15) is 39.5 Å². The lowest BCUT2D eigenvalue weighted by atomic mass is 10.0. The molecule has 0 spiro atoms. The van der Waals surface area contributed by atoms with Gasteiger partial charge in [0.2, 0.25) is 0 Å². The minimum atomic E-state index is 0.250. The summed E-state index contributed by atoms with van der Waals surface area (Å²) in [5, 5.41) is 0. The van der Waals surface area contributed by atoms with Crippen LogP contribution in [0.2, 0.25) is 0 Å². The second-order valence-electron chi connectivity index (χ2n) is 4.45. The van der Waals surface area contributed by atoms with Crippen LogP contribution in [0.4, 0.5) is 0 Å². The number of hydrogen-bond donors (Lipinski definition) is 0. The zero-order valence-electron chi connectivity index (χ0n) is 8.62. The van der Waals surface area contributed by atoms with Crippen molar-refractivity contribution < 1.29 is 4.79 Å². The molecule has 2 aliphatic rings. The number of carbonyl (C=O) groups is 1. The first kappa shape index (κ1) is 9.20. The van der Waals surface area contributed by atoms with E-state index >= 15 is 0 Å². The van der Waals surface area contributed by atoms with Gasteiger partial charge in [0.1, 0.15) is 5.78 Å². The molecule has 0 N–H and O–H groups in total. The molecule has 1 heterocycles. The molecule has 3 unspecified atom stereocenters. The molecule has 1 saturated heterocycles. The minimum Gasteiger partial charge on any atom is -0.298 e. The molecule has 74 valence electrons. The Kier molecular flexibility index (Phi) is 2.41. The summed E-state index contributed by atoms with van der Waals surface area (Å²) in [5.41, 5.74) is 0. The molecule has 1 aliphatic heterocycles. The second-order valence-corrected chi connectivity index (χ2v) is 4.45. The Balaban J connectivity index is 2.12. The Bertz CT molecular complexity index is 214. The second kappa shape index (κ2) is 3.41. The smallest absolute Gasteiger partial charge is 0.146 e. The summed E-state index contributed by atoms with van der Waals surface area (Å²) in [5.74, 6) is 1.20. The van der Waals surface area contributed by atoms with Gasteiger partial charge in [0, 0.05) is 6.04 Å². The molecule has 0 bridgehead atoms. The number of fused-ring (bicyclic) bond motifs is 1. The molecule has 2 rings (SSSR count). The van der Waals surface area contributed by atoms with E-state index in [1.54, 1.807) is 6.92 Å². The summed E-state index contributed by atoms with van der Waals surface area (Å²) in [7, 11) is 0. The van der Waals surface area contributed by atoms with Gasteiger partial charge in [0.15, 0.2) is 0 Å². The van der Waals surface area contributed by atoms with Gasteiger partial charge in [-0.2, -0.15) is 0 Å². The van der Waals surface area contributed by atoms with E-state index in [0.717, 1.165) is 24.9 Å². The largest absolute Gasteiger partial charge is 0.298 e. The lowest BCUT2D eigenvalue weighted by Gasteiger charge is -2.26. The summed E-state index contributed by atoms with van der Waals surface area (Å²) >= 11 is 0. The molecule has 2 nitrogen and oxygen atoms in total. The van der Waals surface area contributed by atoms with E-state index in [0.29, 0.717) is 5.78 Å². The van der Waals surface area contributed by atoms with Gasteiger partial charge in [-0.15, -0.1) is 0 Å². The van der Waals surface area contributed by atoms with Crippen molar-refractivity contribution in [1.29, 1.82) is 0 Å². The van der Waals surface area contributed by atoms with E-state index in [1.807, 2.05) is 0 Å². The maximum atomic E-state index is 11.4. The van der Waals surface area contributed by atoms with Gasteiger partial charge < -0.3 is 0 Å². The molecular formula is C11H19NO. The highest BCUT2D eigenvalue weighted by molar-refractivity contribution is 5.81. The molecule has 3 atom stereocenters. The number of nitrogens with zero attached hydrogens (tertiary/aromatic N) is 1. The molecule has 0 radical (unpaired) electrons. The third-order valence-corrected chi connectivity index (χ3v) is 3.81. The van der Waals surface area contributed by atoms with Crippen LogP contribution in [-0.4, -0.2) is 29.3 Å². The van der Waals surface area contributed by atoms with Crippen LogP contribution in [0.15, 0.2) is 0 Å². The molecule has 0 aromatic carbocycles. The summed E-state index contributed by atoms with van der Waals surface area (Å²) < 4.78 is 0. The summed E-state index contributed by atoms with van der Waals surface area (Å²) in [6.07, 6.45) is 5.18. The number of likely N-dealkylation sites (tertiary alicyclic amines) is 1. The van der Waals surface area contributed by atoms with Crippen molar-refractivity contribution in [3.8, 4) is 0 Å². The summed E-state index contributed by atoms with van der Waals surface area (Å²) in [4.78, 5) is 13.8. The third-order valence-electron chi connectivity index (χ3n) is 3.81. The monoisotopic (exact) mass is 181 g/mol.